The maximum atomic E-state index is 10.2. The number of likely N-dealkylation sites (tertiary alicyclic amines) is 1. The van der Waals surface area contributed by atoms with E-state index in [1.165, 1.54) is 5.56 Å². The highest BCUT2D eigenvalue weighted by molar-refractivity contribution is 7.99. The second-order valence-electron chi connectivity index (χ2n) is 9.65. The van der Waals surface area contributed by atoms with Gasteiger partial charge in [-0.1, -0.05) is 6.07 Å². The lowest BCUT2D eigenvalue weighted by Gasteiger charge is -2.39. The average Bonchev–Trinajstić information content (AvgIpc) is 2.89. The fourth-order valence-electron chi connectivity index (χ4n) is 5.29. The maximum absolute atomic E-state index is 10.2. The molecule has 6 nitrogen and oxygen atoms in total. The van der Waals surface area contributed by atoms with Crippen LogP contribution in [0.2, 0.25) is 0 Å². The van der Waals surface area contributed by atoms with Gasteiger partial charge in [-0.3, -0.25) is 4.98 Å². The van der Waals surface area contributed by atoms with Crippen molar-refractivity contribution in [3.05, 3.63) is 60.4 Å². The number of methoxy groups -OCH3 is 1. The zero-order valence-electron chi connectivity index (χ0n) is 21.1. The fraction of sp³-hybridized carbons (Fsp3) is 0.500. The van der Waals surface area contributed by atoms with E-state index in [1.54, 1.807) is 7.11 Å². The summed E-state index contributed by atoms with van der Waals surface area (Å²) in [6.07, 6.45) is 7.07. The Morgan fingerprint density at radius 1 is 1.14 bits per heavy atom. The first-order chi connectivity index (χ1) is 17.1. The molecule has 0 amide bonds. The van der Waals surface area contributed by atoms with Crippen molar-refractivity contribution < 1.29 is 9.84 Å². The monoisotopic (exact) mass is 494 g/mol. The third-order valence-corrected chi connectivity index (χ3v) is 8.20. The van der Waals surface area contributed by atoms with E-state index in [0.717, 1.165) is 66.3 Å². The molecular formula is C28H38N4O2S. The van der Waals surface area contributed by atoms with Crippen molar-refractivity contribution in [3.8, 4) is 5.75 Å². The number of nitrogens with zero attached hydrogens (tertiary/aromatic N) is 4. The van der Waals surface area contributed by atoms with Crippen LogP contribution in [0.4, 0.5) is 0 Å². The minimum Gasteiger partial charge on any atom is -0.497 e. The van der Waals surface area contributed by atoms with Gasteiger partial charge in [0.1, 0.15) is 5.75 Å². The molecule has 1 aromatic carbocycles. The summed E-state index contributed by atoms with van der Waals surface area (Å²) in [5.41, 5.74) is 2.30. The van der Waals surface area contributed by atoms with Crippen molar-refractivity contribution in [1.82, 2.24) is 19.8 Å². The molecule has 0 saturated carbocycles. The van der Waals surface area contributed by atoms with Gasteiger partial charge in [0, 0.05) is 49.3 Å². The fourth-order valence-corrected chi connectivity index (χ4v) is 6.15. The molecule has 1 fully saturated rings. The van der Waals surface area contributed by atoms with Gasteiger partial charge in [-0.15, -0.1) is 11.8 Å². The van der Waals surface area contributed by atoms with Crippen LogP contribution in [-0.4, -0.2) is 78.1 Å². The molecule has 3 aromatic rings. The number of rotatable bonds is 11. The molecule has 1 saturated heterocycles. The molecule has 4 rings (SSSR count). The molecule has 1 aliphatic heterocycles. The van der Waals surface area contributed by atoms with Crippen LogP contribution in [0.15, 0.2) is 59.9 Å². The van der Waals surface area contributed by atoms with Crippen molar-refractivity contribution in [2.75, 3.05) is 53.2 Å². The molecule has 1 unspecified atom stereocenters. The van der Waals surface area contributed by atoms with Crippen LogP contribution in [0.1, 0.15) is 30.9 Å². The molecule has 7 heteroatoms. The first-order valence-corrected chi connectivity index (χ1v) is 13.5. The smallest absolute Gasteiger partial charge is 0.119 e. The SMILES string of the molecule is COc1ccc2nccc(C(CC[C@@H]3CCN(CCSc4ccccn4)C[C@@H]3CO)N(C)C)c2c1. The standard InChI is InChI=1S/C28H38N4O2S/c1-31(2)27(24-11-14-29-26-9-8-23(34-3)18-25(24)26)10-7-21-12-15-32(19-22(21)20-33)16-17-35-28-6-4-5-13-30-28/h4-6,8-9,11,13-14,18,21-22,27,33H,7,10,12,15-17,19-20H2,1-3H3/t21-,22-,27?/m1/s1. The van der Waals surface area contributed by atoms with E-state index < -0.39 is 0 Å². The van der Waals surface area contributed by atoms with E-state index in [0.29, 0.717) is 17.9 Å². The van der Waals surface area contributed by atoms with Crippen LogP contribution in [0.25, 0.3) is 10.9 Å². The molecule has 3 atom stereocenters. The molecule has 2 aromatic heterocycles. The summed E-state index contributed by atoms with van der Waals surface area (Å²) < 4.78 is 5.49. The van der Waals surface area contributed by atoms with Gasteiger partial charge in [0.25, 0.3) is 0 Å². The van der Waals surface area contributed by atoms with Crippen LogP contribution < -0.4 is 4.74 Å². The lowest BCUT2D eigenvalue weighted by molar-refractivity contribution is 0.0671. The highest BCUT2D eigenvalue weighted by Crippen LogP contribution is 2.35. The van der Waals surface area contributed by atoms with E-state index in [2.05, 4.69) is 52.1 Å². The Hall–Kier alpha value is -2.19. The number of ether oxygens (including phenoxy) is 1. The van der Waals surface area contributed by atoms with Crippen molar-refractivity contribution in [3.63, 3.8) is 0 Å². The Kier molecular flexibility index (Phi) is 9.38. The van der Waals surface area contributed by atoms with Crippen molar-refractivity contribution >= 4 is 22.7 Å². The summed E-state index contributed by atoms with van der Waals surface area (Å²) in [6.45, 7) is 3.38. The predicted molar refractivity (Wildman–Crippen MR) is 144 cm³/mol. The number of thioether (sulfide) groups is 1. The summed E-state index contributed by atoms with van der Waals surface area (Å²) in [4.78, 5) is 13.8. The van der Waals surface area contributed by atoms with Gasteiger partial charge in [0.15, 0.2) is 0 Å². The number of aliphatic hydroxyl groups is 1. The second-order valence-corrected chi connectivity index (χ2v) is 10.8. The number of fused-ring (bicyclic) bond motifs is 1. The van der Waals surface area contributed by atoms with Gasteiger partial charge in [0.2, 0.25) is 0 Å². The van der Waals surface area contributed by atoms with Gasteiger partial charge in [-0.2, -0.15) is 0 Å². The zero-order valence-corrected chi connectivity index (χ0v) is 22.0. The van der Waals surface area contributed by atoms with Crippen LogP contribution >= 0.6 is 11.8 Å². The van der Waals surface area contributed by atoms with Gasteiger partial charge < -0.3 is 19.6 Å². The maximum Gasteiger partial charge on any atom is 0.119 e. The second kappa shape index (κ2) is 12.7. The average molecular weight is 495 g/mol. The third-order valence-electron chi connectivity index (χ3n) is 7.28. The highest BCUT2D eigenvalue weighted by atomic mass is 32.2. The first-order valence-electron chi connectivity index (χ1n) is 12.5. The van der Waals surface area contributed by atoms with E-state index in [1.807, 2.05) is 48.4 Å². The Balaban J connectivity index is 1.36. The molecule has 188 valence electrons. The molecule has 0 radical (unpaired) electrons. The summed E-state index contributed by atoms with van der Waals surface area (Å²) in [7, 11) is 6.02. The molecule has 0 spiro atoms. The number of pyridine rings is 2. The number of piperidine rings is 1. The largest absolute Gasteiger partial charge is 0.497 e. The van der Waals surface area contributed by atoms with Gasteiger partial charge in [0.05, 0.1) is 17.7 Å². The highest BCUT2D eigenvalue weighted by Gasteiger charge is 2.30. The Labute approximate surface area is 213 Å². The molecule has 1 aliphatic rings. The summed E-state index contributed by atoms with van der Waals surface area (Å²) in [5.74, 6) is 2.77. The molecule has 0 aliphatic carbocycles. The van der Waals surface area contributed by atoms with Gasteiger partial charge in [-0.05, 0) is 93.7 Å². The lowest BCUT2D eigenvalue weighted by atomic mass is 9.81. The minimum absolute atomic E-state index is 0.260. The number of benzene rings is 1. The van der Waals surface area contributed by atoms with Crippen LogP contribution in [0, 0.1) is 11.8 Å². The van der Waals surface area contributed by atoms with Crippen molar-refractivity contribution in [2.45, 2.75) is 30.3 Å². The van der Waals surface area contributed by atoms with E-state index >= 15 is 0 Å². The van der Waals surface area contributed by atoms with E-state index in [9.17, 15) is 5.11 Å². The molecular weight excluding hydrogens is 456 g/mol. The lowest BCUT2D eigenvalue weighted by Crippen LogP contribution is -2.43. The molecule has 35 heavy (non-hydrogen) atoms. The number of aromatic nitrogens is 2. The van der Waals surface area contributed by atoms with Gasteiger partial charge >= 0.3 is 0 Å². The van der Waals surface area contributed by atoms with Crippen LogP contribution in [0.5, 0.6) is 5.75 Å². The topological polar surface area (TPSA) is 61.7 Å². The summed E-state index contributed by atoms with van der Waals surface area (Å²) in [5, 5.41) is 12.4. The van der Waals surface area contributed by atoms with Crippen molar-refractivity contribution in [1.29, 1.82) is 0 Å². The van der Waals surface area contributed by atoms with E-state index in [-0.39, 0.29) is 6.61 Å². The van der Waals surface area contributed by atoms with E-state index in [4.69, 9.17) is 4.74 Å². The van der Waals surface area contributed by atoms with Gasteiger partial charge in [-0.25, -0.2) is 4.98 Å². The molecule has 1 N–H and O–H groups in total. The number of hydrogen-bond donors (Lipinski definition) is 1. The summed E-state index contributed by atoms with van der Waals surface area (Å²) >= 11 is 1.81. The first kappa shape index (κ1) is 25.9. The Morgan fingerprint density at radius 2 is 2.03 bits per heavy atom. The Bertz CT molecular complexity index is 1070. The Morgan fingerprint density at radius 3 is 2.77 bits per heavy atom. The zero-order chi connectivity index (χ0) is 24.6. The molecule has 0 bridgehead atoms. The predicted octanol–water partition coefficient (Wildman–Crippen LogP) is 4.74. The number of hydrogen-bond acceptors (Lipinski definition) is 7. The minimum atomic E-state index is 0.260. The number of aliphatic hydroxyl groups excluding tert-OH is 1. The normalized spacial score (nSPS) is 19.8. The third kappa shape index (κ3) is 6.73. The molecule has 3 heterocycles. The van der Waals surface area contributed by atoms with Crippen molar-refractivity contribution in [2.24, 2.45) is 11.8 Å². The van der Waals surface area contributed by atoms with Crippen LogP contribution in [-0.2, 0) is 0 Å². The quantitative estimate of drug-likeness (QED) is 0.386. The summed E-state index contributed by atoms with van der Waals surface area (Å²) in [6, 6.07) is 14.6. The van der Waals surface area contributed by atoms with Crippen LogP contribution in [0.3, 0.4) is 0 Å².